The zero-order valence-corrected chi connectivity index (χ0v) is 27.7. The number of hydrogen-bond donors (Lipinski definition) is 2. The molecule has 3 aromatic carbocycles. The molecule has 2 saturated heterocycles. The molecule has 2 fully saturated rings. The summed E-state index contributed by atoms with van der Waals surface area (Å²) in [5.41, 5.74) is 3.20. The number of rotatable bonds is 12. The molecule has 2 aliphatic heterocycles. The normalized spacial score (nSPS) is 20.4. The van der Waals surface area contributed by atoms with Crippen LogP contribution in [0.25, 0.3) is 0 Å². The van der Waals surface area contributed by atoms with Crippen LogP contribution in [0, 0.1) is 0 Å². The lowest BCUT2D eigenvalue weighted by molar-refractivity contribution is 0.0683. The summed E-state index contributed by atoms with van der Waals surface area (Å²) in [5, 5.41) is 29.3. The van der Waals surface area contributed by atoms with E-state index in [1.807, 2.05) is 36.4 Å². The summed E-state index contributed by atoms with van der Waals surface area (Å²) >= 11 is 0. The standard InChI is InChI=1S/C38H40N6O6/c45-29-21-31(35-39-33(41-49-35)15-7-13-25-9-3-1-4-10-25)43(23-29)37(47)27-17-19-28(20-18-27)38(48)44-24-30(46)22-32(44)36-40-34(42-50-36)16-8-14-26-11-5-2-6-12-26/h1-6,9-12,17-20,29-32,45-46H,7-8,13-16,21-24H2/t29-,30-,31+,32+/m1/s1. The molecule has 5 aromatic rings. The fourth-order valence-corrected chi connectivity index (χ4v) is 6.83. The van der Waals surface area contributed by atoms with E-state index in [-0.39, 0.29) is 37.7 Å². The van der Waals surface area contributed by atoms with E-state index < -0.39 is 24.3 Å². The second kappa shape index (κ2) is 15.1. The Kier molecular flexibility index (Phi) is 10.1. The number of aliphatic hydroxyl groups excluding tert-OH is 2. The molecule has 12 heteroatoms. The molecule has 50 heavy (non-hydrogen) atoms. The van der Waals surface area contributed by atoms with Gasteiger partial charge < -0.3 is 29.1 Å². The largest absolute Gasteiger partial charge is 0.391 e. The highest BCUT2D eigenvalue weighted by Gasteiger charge is 2.41. The first kappa shape index (κ1) is 33.3. The van der Waals surface area contributed by atoms with Crippen molar-refractivity contribution in [3.63, 3.8) is 0 Å². The molecule has 0 radical (unpaired) electrons. The van der Waals surface area contributed by atoms with Crippen molar-refractivity contribution in [2.24, 2.45) is 0 Å². The van der Waals surface area contributed by atoms with Gasteiger partial charge in [-0.05, 0) is 61.1 Å². The number of carbonyl (C=O) groups excluding carboxylic acids is 2. The molecule has 7 rings (SSSR count). The third-order valence-electron chi connectivity index (χ3n) is 9.41. The second-order valence-corrected chi connectivity index (χ2v) is 13.1. The van der Waals surface area contributed by atoms with E-state index in [1.165, 1.54) is 11.1 Å². The van der Waals surface area contributed by atoms with Gasteiger partial charge in [-0.25, -0.2) is 0 Å². The summed E-state index contributed by atoms with van der Waals surface area (Å²) in [4.78, 5) is 39.5. The molecule has 2 aromatic heterocycles. The number of likely N-dealkylation sites (tertiary alicyclic amines) is 2. The smallest absolute Gasteiger partial charge is 0.254 e. The Hall–Kier alpha value is -5.20. The Morgan fingerprint density at radius 2 is 1.00 bits per heavy atom. The van der Waals surface area contributed by atoms with Crippen LogP contribution in [0.2, 0.25) is 0 Å². The quantitative estimate of drug-likeness (QED) is 0.190. The number of hydrogen-bond acceptors (Lipinski definition) is 10. The first-order valence-corrected chi connectivity index (χ1v) is 17.2. The van der Waals surface area contributed by atoms with Crippen LogP contribution in [0.4, 0.5) is 0 Å². The van der Waals surface area contributed by atoms with Crippen LogP contribution < -0.4 is 0 Å². The van der Waals surface area contributed by atoms with Gasteiger partial charge in [0.2, 0.25) is 11.8 Å². The van der Waals surface area contributed by atoms with Crippen LogP contribution in [0.15, 0.2) is 94.0 Å². The maximum Gasteiger partial charge on any atom is 0.254 e. The minimum absolute atomic E-state index is 0.127. The molecule has 0 bridgehead atoms. The van der Waals surface area contributed by atoms with Crippen LogP contribution >= 0.6 is 0 Å². The van der Waals surface area contributed by atoms with E-state index in [1.54, 1.807) is 34.1 Å². The molecule has 4 heterocycles. The molecule has 258 valence electrons. The van der Waals surface area contributed by atoms with Crippen molar-refractivity contribution < 1.29 is 28.8 Å². The molecule has 0 unspecified atom stereocenters. The van der Waals surface area contributed by atoms with Crippen molar-refractivity contribution >= 4 is 11.8 Å². The molecule has 2 amide bonds. The molecule has 0 spiro atoms. The summed E-state index contributed by atoms with van der Waals surface area (Å²) in [5.74, 6) is 1.12. The lowest BCUT2D eigenvalue weighted by atomic mass is 10.1. The molecule has 2 N–H and O–H groups in total. The molecular weight excluding hydrogens is 636 g/mol. The molecule has 0 aliphatic carbocycles. The lowest BCUT2D eigenvalue weighted by Crippen LogP contribution is -2.33. The van der Waals surface area contributed by atoms with E-state index >= 15 is 0 Å². The second-order valence-electron chi connectivity index (χ2n) is 13.1. The van der Waals surface area contributed by atoms with Gasteiger partial charge in [-0.15, -0.1) is 0 Å². The predicted molar refractivity (Wildman–Crippen MR) is 181 cm³/mol. The van der Waals surface area contributed by atoms with Crippen molar-refractivity contribution in [1.29, 1.82) is 0 Å². The van der Waals surface area contributed by atoms with Gasteiger partial charge in [0.05, 0.1) is 12.2 Å². The lowest BCUT2D eigenvalue weighted by Gasteiger charge is -2.23. The number of β-amino-alcohol motifs (C(OH)–C–C–N with tert-alkyl or cyclic N) is 2. The minimum Gasteiger partial charge on any atom is -0.391 e. The average Bonchev–Trinajstić information content (AvgIpc) is 3.96. The number of carbonyl (C=O) groups is 2. The molecule has 0 saturated carbocycles. The van der Waals surface area contributed by atoms with E-state index in [9.17, 15) is 19.8 Å². The summed E-state index contributed by atoms with van der Waals surface area (Å²) in [6, 6.07) is 25.6. The Morgan fingerprint density at radius 1 is 0.600 bits per heavy atom. The highest BCUT2D eigenvalue weighted by Crippen LogP contribution is 2.34. The topological polar surface area (TPSA) is 159 Å². The summed E-state index contributed by atoms with van der Waals surface area (Å²) in [7, 11) is 0. The van der Waals surface area contributed by atoms with Crippen molar-refractivity contribution in [3.8, 4) is 0 Å². The Labute approximate surface area is 289 Å². The number of aryl methyl sites for hydroxylation is 4. The first-order valence-electron chi connectivity index (χ1n) is 17.2. The van der Waals surface area contributed by atoms with Gasteiger partial charge in [0.15, 0.2) is 11.6 Å². The van der Waals surface area contributed by atoms with Crippen LogP contribution in [-0.2, 0) is 25.7 Å². The van der Waals surface area contributed by atoms with E-state index in [4.69, 9.17) is 9.05 Å². The van der Waals surface area contributed by atoms with Crippen LogP contribution in [0.5, 0.6) is 0 Å². The van der Waals surface area contributed by atoms with Crippen molar-refractivity contribution in [2.75, 3.05) is 13.1 Å². The van der Waals surface area contributed by atoms with Gasteiger partial charge in [0, 0.05) is 49.9 Å². The SMILES string of the molecule is O=C(c1ccc(C(=O)N2C[C@H](O)C[C@H]2c2nc(CCCc3ccccc3)no2)cc1)N1C[C@H](O)C[C@H]1c1nc(CCCc2ccccc2)no1. The fourth-order valence-electron chi connectivity index (χ4n) is 6.83. The third-order valence-corrected chi connectivity index (χ3v) is 9.41. The minimum atomic E-state index is -0.731. The monoisotopic (exact) mass is 676 g/mol. The van der Waals surface area contributed by atoms with Gasteiger partial charge >= 0.3 is 0 Å². The van der Waals surface area contributed by atoms with Crippen LogP contribution in [0.3, 0.4) is 0 Å². The molecule has 4 atom stereocenters. The summed E-state index contributed by atoms with van der Waals surface area (Å²) < 4.78 is 11.1. The zero-order chi connectivity index (χ0) is 34.5. The highest BCUT2D eigenvalue weighted by molar-refractivity contribution is 5.98. The van der Waals surface area contributed by atoms with Crippen molar-refractivity contribution in [1.82, 2.24) is 30.1 Å². The Balaban J connectivity index is 0.971. The summed E-state index contributed by atoms with van der Waals surface area (Å²) in [6.45, 7) is 0.253. The van der Waals surface area contributed by atoms with Gasteiger partial charge in [-0.2, -0.15) is 9.97 Å². The number of amides is 2. The molecular formula is C38H40N6O6. The van der Waals surface area contributed by atoms with E-state index in [2.05, 4.69) is 44.5 Å². The number of nitrogens with zero attached hydrogens (tertiary/aromatic N) is 6. The maximum absolute atomic E-state index is 13.7. The predicted octanol–water partition coefficient (Wildman–Crippen LogP) is 4.70. The van der Waals surface area contributed by atoms with Crippen molar-refractivity contribution in [3.05, 3.63) is 131 Å². The van der Waals surface area contributed by atoms with Gasteiger partial charge in [0.25, 0.3) is 11.8 Å². The van der Waals surface area contributed by atoms with Crippen LogP contribution in [0.1, 0.15) is 93.0 Å². The van der Waals surface area contributed by atoms with Gasteiger partial charge in [0.1, 0.15) is 12.1 Å². The first-order chi connectivity index (χ1) is 24.4. The van der Waals surface area contributed by atoms with Crippen LogP contribution in [-0.4, -0.2) is 77.4 Å². The third kappa shape index (κ3) is 7.66. The molecule has 2 aliphatic rings. The maximum atomic E-state index is 13.7. The van der Waals surface area contributed by atoms with E-state index in [0.717, 1.165) is 25.7 Å². The zero-order valence-electron chi connectivity index (χ0n) is 27.7. The summed E-state index contributed by atoms with van der Waals surface area (Å²) in [6.07, 6.45) is 3.87. The van der Waals surface area contributed by atoms with Gasteiger partial charge in [-0.3, -0.25) is 9.59 Å². The molecule has 12 nitrogen and oxygen atoms in total. The highest BCUT2D eigenvalue weighted by atomic mass is 16.5. The Morgan fingerprint density at radius 3 is 1.40 bits per heavy atom. The van der Waals surface area contributed by atoms with Crippen molar-refractivity contribution in [2.45, 2.75) is 75.7 Å². The van der Waals surface area contributed by atoms with Gasteiger partial charge in [-0.1, -0.05) is 71.0 Å². The number of aromatic nitrogens is 4. The fraction of sp³-hybridized carbons (Fsp3) is 0.368. The van der Waals surface area contributed by atoms with E-state index in [0.29, 0.717) is 47.4 Å². The number of benzene rings is 3. The average molecular weight is 677 g/mol. The Bertz CT molecular complexity index is 1740. The number of aliphatic hydroxyl groups is 2.